The second-order valence-electron chi connectivity index (χ2n) is 7.94. The zero-order chi connectivity index (χ0) is 17.8. The molecule has 2 unspecified atom stereocenters. The quantitative estimate of drug-likeness (QED) is 0.696. The van der Waals surface area contributed by atoms with E-state index in [1.54, 1.807) is 0 Å². The first-order valence-corrected chi connectivity index (χ1v) is 9.26. The van der Waals surface area contributed by atoms with Crippen molar-refractivity contribution in [1.82, 2.24) is 0 Å². The van der Waals surface area contributed by atoms with E-state index in [0.29, 0.717) is 5.92 Å². The number of hydrogen-bond donors (Lipinski definition) is 0. The Morgan fingerprint density at radius 1 is 1.12 bits per heavy atom. The Balaban J connectivity index is 1.79. The van der Waals surface area contributed by atoms with Crippen LogP contribution in [0.15, 0.2) is 48.5 Å². The van der Waals surface area contributed by atoms with E-state index in [4.69, 9.17) is 4.74 Å². The molecule has 4 rings (SSSR count). The summed E-state index contributed by atoms with van der Waals surface area (Å²) >= 11 is 0. The van der Waals surface area contributed by atoms with Crippen molar-refractivity contribution in [2.45, 2.75) is 51.2 Å². The van der Waals surface area contributed by atoms with E-state index in [1.165, 1.54) is 22.4 Å². The van der Waals surface area contributed by atoms with Gasteiger partial charge in [0.25, 0.3) is 0 Å². The van der Waals surface area contributed by atoms with Crippen LogP contribution in [0.3, 0.4) is 0 Å². The number of likely N-dealkylation sites (N-methyl/N-ethyl adjacent to an activating group) is 1. The maximum absolute atomic E-state index is 6.70. The largest absolute Gasteiger partial charge is 0.463 e. The van der Waals surface area contributed by atoms with E-state index in [1.807, 2.05) is 0 Å². The normalized spacial score (nSPS) is 24.0. The number of hydrogen-bond acceptors (Lipinski definition) is 2. The van der Waals surface area contributed by atoms with Crippen molar-refractivity contribution < 1.29 is 4.74 Å². The first kappa shape index (κ1) is 16.3. The first-order valence-electron chi connectivity index (χ1n) is 9.26. The summed E-state index contributed by atoms with van der Waals surface area (Å²) in [7, 11) is 2.14. The SMILES string of the molecule is CCC(C)c1ccc2c(c1)C=CC1(O2)N(C)c2ccccc2C1(C)C. The van der Waals surface area contributed by atoms with E-state index < -0.39 is 5.72 Å². The van der Waals surface area contributed by atoms with Crippen LogP contribution in [0.4, 0.5) is 5.69 Å². The summed E-state index contributed by atoms with van der Waals surface area (Å²) in [5.41, 5.74) is 4.53. The Labute approximate surface area is 151 Å². The van der Waals surface area contributed by atoms with E-state index in [-0.39, 0.29) is 5.41 Å². The highest BCUT2D eigenvalue weighted by Gasteiger charge is 2.57. The zero-order valence-electron chi connectivity index (χ0n) is 15.8. The van der Waals surface area contributed by atoms with Gasteiger partial charge in [-0.3, -0.25) is 0 Å². The predicted molar refractivity (Wildman–Crippen MR) is 105 cm³/mol. The molecule has 25 heavy (non-hydrogen) atoms. The smallest absolute Gasteiger partial charge is 0.211 e. The van der Waals surface area contributed by atoms with Gasteiger partial charge < -0.3 is 9.64 Å². The summed E-state index contributed by atoms with van der Waals surface area (Å²) in [6.07, 6.45) is 5.64. The Kier molecular flexibility index (Phi) is 3.50. The third-order valence-electron chi connectivity index (χ3n) is 6.30. The molecule has 0 aromatic heterocycles. The van der Waals surface area contributed by atoms with E-state index in [9.17, 15) is 0 Å². The fourth-order valence-corrected chi connectivity index (χ4v) is 4.34. The molecular formula is C23H27NO. The van der Waals surface area contributed by atoms with Gasteiger partial charge >= 0.3 is 0 Å². The summed E-state index contributed by atoms with van der Waals surface area (Å²) < 4.78 is 6.70. The second kappa shape index (κ2) is 5.39. The Bertz CT molecular complexity index is 851. The number of para-hydroxylation sites is 1. The van der Waals surface area contributed by atoms with Crippen LogP contribution in [0.25, 0.3) is 6.08 Å². The lowest BCUT2D eigenvalue weighted by atomic mass is 9.76. The Morgan fingerprint density at radius 2 is 1.88 bits per heavy atom. The number of rotatable bonds is 2. The van der Waals surface area contributed by atoms with Gasteiger partial charge in [0.2, 0.25) is 5.72 Å². The molecule has 2 heterocycles. The molecule has 0 bridgehead atoms. The summed E-state index contributed by atoms with van der Waals surface area (Å²) in [5, 5.41) is 0. The molecule has 0 radical (unpaired) electrons. The van der Waals surface area contributed by atoms with Crippen LogP contribution in [0.5, 0.6) is 5.75 Å². The average molecular weight is 333 g/mol. The topological polar surface area (TPSA) is 12.5 Å². The second-order valence-corrected chi connectivity index (χ2v) is 7.94. The van der Waals surface area contributed by atoms with Crippen molar-refractivity contribution in [1.29, 1.82) is 0 Å². The number of benzene rings is 2. The lowest BCUT2D eigenvalue weighted by Gasteiger charge is -2.45. The lowest BCUT2D eigenvalue weighted by molar-refractivity contribution is 0.0581. The van der Waals surface area contributed by atoms with Crippen LogP contribution in [0, 0.1) is 0 Å². The molecule has 0 saturated heterocycles. The summed E-state index contributed by atoms with van der Waals surface area (Å²) in [5.74, 6) is 1.55. The highest BCUT2D eigenvalue weighted by atomic mass is 16.5. The molecule has 0 N–H and O–H groups in total. The molecule has 2 heteroatoms. The van der Waals surface area contributed by atoms with Gasteiger partial charge in [-0.05, 0) is 67.7 Å². The molecule has 2 nitrogen and oxygen atoms in total. The Morgan fingerprint density at radius 3 is 2.60 bits per heavy atom. The molecule has 0 saturated carbocycles. The number of fused-ring (bicyclic) bond motifs is 2. The molecule has 130 valence electrons. The van der Waals surface area contributed by atoms with Crippen LogP contribution >= 0.6 is 0 Å². The maximum atomic E-state index is 6.70. The molecular weight excluding hydrogens is 306 g/mol. The van der Waals surface area contributed by atoms with Gasteiger partial charge in [-0.1, -0.05) is 38.1 Å². The highest BCUT2D eigenvalue weighted by molar-refractivity contribution is 5.72. The predicted octanol–water partition coefficient (Wildman–Crippen LogP) is 5.73. The fourth-order valence-electron chi connectivity index (χ4n) is 4.34. The van der Waals surface area contributed by atoms with Crippen LogP contribution in [0.2, 0.25) is 0 Å². The lowest BCUT2D eigenvalue weighted by Crippen LogP contribution is -2.58. The van der Waals surface area contributed by atoms with Crippen LogP contribution in [-0.4, -0.2) is 12.8 Å². The number of anilines is 1. The summed E-state index contributed by atoms with van der Waals surface area (Å²) in [6, 6.07) is 15.3. The van der Waals surface area contributed by atoms with Crippen LogP contribution in [-0.2, 0) is 5.41 Å². The van der Waals surface area contributed by atoms with Crippen molar-refractivity contribution in [2.24, 2.45) is 0 Å². The van der Waals surface area contributed by atoms with Gasteiger partial charge in [0, 0.05) is 18.3 Å². The molecule has 0 aliphatic carbocycles. The average Bonchev–Trinajstić information content (AvgIpc) is 2.80. The molecule has 2 aliphatic heterocycles. The minimum absolute atomic E-state index is 0.137. The minimum Gasteiger partial charge on any atom is -0.463 e. The zero-order valence-corrected chi connectivity index (χ0v) is 15.8. The Hall–Kier alpha value is -2.22. The molecule has 2 aliphatic rings. The van der Waals surface area contributed by atoms with E-state index in [0.717, 1.165) is 12.2 Å². The van der Waals surface area contributed by atoms with Gasteiger partial charge in [-0.15, -0.1) is 0 Å². The first-order chi connectivity index (χ1) is 11.9. The molecule has 1 spiro atoms. The van der Waals surface area contributed by atoms with Crippen molar-refractivity contribution in [3.05, 3.63) is 65.2 Å². The molecule has 2 aromatic carbocycles. The van der Waals surface area contributed by atoms with Crippen LogP contribution < -0.4 is 9.64 Å². The summed E-state index contributed by atoms with van der Waals surface area (Å²) in [4.78, 5) is 2.28. The standard InChI is InChI=1S/C23H27NO/c1-6-16(2)17-11-12-21-18(15-17)13-14-23(25-21)22(3,4)19-9-7-8-10-20(19)24(23)5/h7-16H,6H2,1-5H3. The third-order valence-corrected chi connectivity index (χ3v) is 6.30. The van der Waals surface area contributed by atoms with Crippen molar-refractivity contribution in [2.75, 3.05) is 11.9 Å². The van der Waals surface area contributed by atoms with Crippen molar-refractivity contribution >= 4 is 11.8 Å². The monoisotopic (exact) mass is 333 g/mol. The highest BCUT2D eigenvalue weighted by Crippen LogP contribution is 2.54. The van der Waals surface area contributed by atoms with Crippen LogP contribution in [0.1, 0.15) is 56.7 Å². The van der Waals surface area contributed by atoms with Gasteiger partial charge in [0.1, 0.15) is 5.75 Å². The number of ether oxygens (including phenoxy) is 1. The third kappa shape index (κ3) is 2.09. The number of nitrogens with zero attached hydrogens (tertiary/aromatic N) is 1. The molecule has 0 fully saturated rings. The molecule has 2 atom stereocenters. The molecule has 0 amide bonds. The van der Waals surface area contributed by atoms with Gasteiger partial charge in [-0.2, -0.15) is 0 Å². The fraction of sp³-hybridized carbons (Fsp3) is 0.391. The molecule has 2 aromatic rings. The van der Waals surface area contributed by atoms with Gasteiger partial charge in [0.15, 0.2) is 0 Å². The maximum Gasteiger partial charge on any atom is 0.211 e. The minimum atomic E-state index is -0.485. The van der Waals surface area contributed by atoms with E-state index >= 15 is 0 Å². The summed E-state index contributed by atoms with van der Waals surface area (Å²) in [6.45, 7) is 9.07. The van der Waals surface area contributed by atoms with Crippen molar-refractivity contribution in [3.63, 3.8) is 0 Å². The van der Waals surface area contributed by atoms with Gasteiger partial charge in [-0.25, -0.2) is 0 Å². The van der Waals surface area contributed by atoms with E-state index in [2.05, 4.69) is 94.3 Å². The van der Waals surface area contributed by atoms with Gasteiger partial charge in [0.05, 0.1) is 5.41 Å². The van der Waals surface area contributed by atoms with Crippen molar-refractivity contribution in [3.8, 4) is 5.75 Å².